The third-order valence-electron chi connectivity index (χ3n) is 3.99. The summed E-state index contributed by atoms with van der Waals surface area (Å²) in [6.45, 7) is 2.90. The molecule has 0 spiro atoms. The number of nitrogens with one attached hydrogen (secondary N) is 1. The van der Waals surface area contributed by atoms with Gasteiger partial charge in [-0.15, -0.1) is 0 Å². The highest BCUT2D eigenvalue weighted by Gasteiger charge is 2.30. The number of anilines is 1. The van der Waals surface area contributed by atoms with Crippen LogP contribution in [0.4, 0.5) is 5.69 Å². The Balaban J connectivity index is 1.49. The molecule has 0 aromatic heterocycles. The quantitative estimate of drug-likeness (QED) is 0.918. The van der Waals surface area contributed by atoms with Gasteiger partial charge in [-0.2, -0.15) is 0 Å². The Hall–Kier alpha value is -1.22. The normalized spacial score (nSPS) is 22.6. The van der Waals surface area contributed by atoms with E-state index in [0.29, 0.717) is 11.8 Å². The van der Waals surface area contributed by atoms with Crippen LogP contribution in [-0.4, -0.2) is 25.5 Å². The third kappa shape index (κ3) is 3.21. The van der Waals surface area contributed by atoms with Gasteiger partial charge in [0.25, 0.3) is 0 Å². The van der Waals surface area contributed by atoms with E-state index >= 15 is 0 Å². The monoisotopic (exact) mass is 278 g/mol. The second kappa shape index (κ2) is 5.41. The Morgan fingerprint density at radius 2 is 2.00 bits per heavy atom. The molecule has 1 amide bonds. The maximum Gasteiger partial charge on any atom is 0.223 e. The van der Waals surface area contributed by atoms with Crippen LogP contribution in [0.25, 0.3) is 0 Å². The Morgan fingerprint density at radius 3 is 2.68 bits per heavy atom. The average Bonchev–Trinajstić information content (AvgIpc) is 3.16. The Kier molecular flexibility index (Phi) is 3.65. The summed E-state index contributed by atoms with van der Waals surface area (Å²) in [4.78, 5) is 14.0. The molecule has 1 aliphatic carbocycles. The third-order valence-corrected chi connectivity index (χ3v) is 4.24. The van der Waals surface area contributed by atoms with Crippen LogP contribution in [0.5, 0.6) is 0 Å². The van der Waals surface area contributed by atoms with Gasteiger partial charge >= 0.3 is 0 Å². The minimum Gasteiger partial charge on any atom is -0.371 e. The standard InChI is InChI=1S/C15H19ClN2O/c16-13-3-5-14(6-4-13)18-8-7-11(10-18)9-17-15(19)12-1-2-12/h3-6,11-12H,1-2,7-10H2,(H,17,19)/t11-/m0/s1. The number of halogens is 1. The number of rotatable bonds is 4. The lowest BCUT2D eigenvalue weighted by molar-refractivity contribution is -0.122. The molecule has 2 aliphatic rings. The molecular formula is C15H19ClN2O. The highest BCUT2D eigenvalue weighted by molar-refractivity contribution is 6.30. The Labute approximate surface area is 118 Å². The molecule has 19 heavy (non-hydrogen) atoms. The van der Waals surface area contributed by atoms with E-state index in [1.54, 1.807) is 0 Å². The summed E-state index contributed by atoms with van der Waals surface area (Å²) >= 11 is 5.90. The van der Waals surface area contributed by atoms with Gasteiger partial charge < -0.3 is 10.2 Å². The van der Waals surface area contributed by atoms with Gasteiger partial charge in [0.05, 0.1) is 0 Å². The van der Waals surface area contributed by atoms with E-state index in [1.165, 1.54) is 5.69 Å². The molecule has 1 saturated heterocycles. The molecule has 1 aromatic rings. The number of hydrogen-bond acceptors (Lipinski definition) is 2. The first-order valence-electron chi connectivity index (χ1n) is 7.00. The second-order valence-electron chi connectivity index (χ2n) is 5.60. The van der Waals surface area contributed by atoms with Crippen LogP contribution in [0.15, 0.2) is 24.3 Å². The molecule has 0 bridgehead atoms. The van der Waals surface area contributed by atoms with Crippen LogP contribution in [0, 0.1) is 11.8 Å². The molecule has 1 aromatic carbocycles. The van der Waals surface area contributed by atoms with E-state index in [9.17, 15) is 4.79 Å². The minimum absolute atomic E-state index is 0.255. The molecule has 1 heterocycles. The largest absolute Gasteiger partial charge is 0.371 e. The van der Waals surface area contributed by atoms with Crippen molar-refractivity contribution < 1.29 is 4.79 Å². The first-order valence-corrected chi connectivity index (χ1v) is 7.38. The number of carbonyl (C=O) groups excluding carboxylic acids is 1. The number of nitrogens with zero attached hydrogens (tertiary/aromatic N) is 1. The zero-order valence-corrected chi connectivity index (χ0v) is 11.7. The molecule has 1 saturated carbocycles. The number of hydrogen-bond donors (Lipinski definition) is 1. The summed E-state index contributed by atoms with van der Waals surface area (Å²) in [6, 6.07) is 7.99. The minimum atomic E-state index is 0.255. The van der Waals surface area contributed by atoms with Gasteiger partial charge in [0.15, 0.2) is 0 Å². The fraction of sp³-hybridized carbons (Fsp3) is 0.533. The van der Waals surface area contributed by atoms with E-state index in [0.717, 1.165) is 43.9 Å². The molecule has 0 unspecified atom stereocenters. The smallest absolute Gasteiger partial charge is 0.223 e. The van der Waals surface area contributed by atoms with Crippen molar-refractivity contribution in [2.75, 3.05) is 24.5 Å². The molecule has 102 valence electrons. The number of carbonyl (C=O) groups is 1. The topological polar surface area (TPSA) is 32.3 Å². The van der Waals surface area contributed by atoms with Gasteiger partial charge in [0.1, 0.15) is 0 Å². The van der Waals surface area contributed by atoms with E-state index in [2.05, 4.69) is 22.3 Å². The summed E-state index contributed by atoms with van der Waals surface area (Å²) < 4.78 is 0. The lowest BCUT2D eigenvalue weighted by Crippen LogP contribution is -2.31. The number of amides is 1. The van der Waals surface area contributed by atoms with Crippen molar-refractivity contribution in [1.82, 2.24) is 5.32 Å². The van der Waals surface area contributed by atoms with E-state index in [4.69, 9.17) is 11.6 Å². The van der Waals surface area contributed by atoms with Gasteiger partial charge in [-0.1, -0.05) is 11.6 Å². The highest BCUT2D eigenvalue weighted by atomic mass is 35.5. The molecule has 2 fully saturated rings. The van der Waals surface area contributed by atoms with Crippen molar-refractivity contribution in [3.05, 3.63) is 29.3 Å². The van der Waals surface area contributed by atoms with E-state index in [-0.39, 0.29) is 5.91 Å². The van der Waals surface area contributed by atoms with Gasteiger partial charge in [-0.05, 0) is 49.4 Å². The Bertz CT molecular complexity index is 456. The van der Waals surface area contributed by atoms with Crippen LogP contribution in [0.2, 0.25) is 5.02 Å². The lowest BCUT2D eigenvalue weighted by atomic mass is 10.1. The molecule has 0 radical (unpaired) electrons. The Morgan fingerprint density at radius 1 is 1.26 bits per heavy atom. The van der Waals surface area contributed by atoms with Crippen molar-refractivity contribution >= 4 is 23.2 Å². The van der Waals surface area contributed by atoms with Crippen LogP contribution in [0.1, 0.15) is 19.3 Å². The average molecular weight is 279 g/mol. The first kappa shape index (κ1) is 12.8. The summed E-state index contributed by atoms with van der Waals surface area (Å²) in [5, 5.41) is 3.86. The summed E-state index contributed by atoms with van der Waals surface area (Å²) in [5.41, 5.74) is 1.22. The lowest BCUT2D eigenvalue weighted by Gasteiger charge is -2.19. The van der Waals surface area contributed by atoms with Gasteiger partial charge in [0.2, 0.25) is 5.91 Å². The highest BCUT2D eigenvalue weighted by Crippen LogP contribution is 2.29. The van der Waals surface area contributed by atoms with Gasteiger partial charge in [-0.3, -0.25) is 4.79 Å². The maximum absolute atomic E-state index is 11.6. The summed E-state index contributed by atoms with van der Waals surface area (Å²) in [7, 11) is 0. The van der Waals surface area contributed by atoms with Crippen LogP contribution in [0.3, 0.4) is 0 Å². The van der Waals surface area contributed by atoms with Gasteiger partial charge in [-0.25, -0.2) is 0 Å². The van der Waals surface area contributed by atoms with E-state index < -0.39 is 0 Å². The van der Waals surface area contributed by atoms with E-state index in [1.807, 2.05) is 12.1 Å². The van der Waals surface area contributed by atoms with Crippen molar-refractivity contribution in [3.8, 4) is 0 Å². The second-order valence-corrected chi connectivity index (χ2v) is 6.03. The summed E-state index contributed by atoms with van der Waals surface area (Å²) in [6.07, 6.45) is 3.30. The molecular weight excluding hydrogens is 260 g/mol. The molecule has 1 aliphatic heterocycles. The van der Waals surface area contributed by atoms with Crippen molar-refractivity contribution in [2.45, 2.75) is 19.3 Å². The van der Waals surface area contributed by atoms with Crippen LogP contribution >= 0.6 is 11.6 Å². The molecule has 3 nitrogen and oxygen atoms in total. The predicted molar refractivity (Wildman–Crippen MR) is 77.5 cm³/mol. The maximum atomic E-state index is 11.6. The first-order chi connectivity index (χ1) is 9.22. The van der Waals surface area contributed by atoms with Crippen molar-refractivity contribution in [2.24, 2.45) is 11.8 Å². The van der Waals surface area contributed by atoms with Gasteiger partial charge in [0, 0.05) is 36.3 Å². The molecule has 3 rings (SSSR count). The molecule has 1 atom stereocenters. The van der Waals surface area contributed by atoms with Crippen LogP contribution in [-0.2, 0) is 4.79 Å². The fourth-order valence-electron chi connectivity index (χ4n) is 2.62. The fourth-order valence-corrected chi connectivity index (χ4v) is 2.75. The molecule has 1 N–H and O–H groups in total. The zero-order chi connectivity index (χ0) is 13.2. The summed E-state index contributed by atoms with van der Waals surface area (Å²) in [5.74, 6) is 1.14. The number of benzene rings is 1. The van der Waals surface area contributed by atoms with Crippen molar-refractivity contribution in [3.63, 3.8) is 0 Å². The van der Waals surface area contributed by atoms with Crippen LogP contribution < -0.4 is 10.2 Å². The predicted octanol–water partition coefficient (Wildman–Crippen LogP) is 2.69. The molecule has 4 heteroatoms. The van der Waals surface area contributed by atoms with Crippen molar-refractivity contribution in [1.29, 1.82) is 0 Å². The zero-order valence-electron chi connectivity index (χ0n) is 10.9. The SMILES string of the molecule is O=C(NC[C@@H]1CCN(c2ccc(Cl)cc2)C1)C1CC1.